The number of nitro benzene ring substituents is 1. The van der Waals surface area contributed by atoms with Crippen LogP contribution in [0.1, 0.15) is 22.7 Å². The van der Waals surface area contributed by atoms with Gasteiger partial charge in [-0.25, -0.2) is 0 Å². The molecule has 0 aliphatic carbocycles. The summed E-state index contributed by atoms with van der Waals surface area (Å²) in [4.78, 5) is 38.2. The fourth-order valence-electron chi connectivity index (χ4n) is 3.69. The third-order valence-electron chi connectivity index (χ3n) is 5.27. The maximum atomic E-state index is 13.1. The number of halogens is 1. The summed E-state index contributed by atoms with van der Waals surface area (Å²) >= 11 is 5.92. The SMILES string of the molecule is Cc1ccc(N2C(=O)C(=O)C(=C(O)c3ccc(Cl)cc3)[C@H]2c2cccc([N+](=O)[O-])c2)cc1. The topological polar surface area (TPSA) is 101 Å². The number of carbonyl (C=O) groups excluding carboxylic acids is 2. The van der Waals surface area contributed by atoms with Crippen LogP contribution in [-0.4, -0.2) is 21.7 Å². The number of aliphatic hydroxyl groups is 1. The fourth-order valence-corrected chi connectivity index (χ4v) is 3.82. The van der Waals surface area contributed by atoms with Gasteiger partial charge in [0.05, 0.1) is 16.5 Å². The van der Waals surface area contributed by atoms with Gasteiger partial charge < -0.3 is 5.11 Å². The number of hydrogen-bond donors (Lipinski definition) is 1. The first-order valence-electron chi connectivity index (χ1n) is 9.66. The van der Waals surface area contributed by atoms with Crippen LogP contribution >= 0.6 is 11.6 Å². The largest absolute Gasteiger partial charge is 0.507 e. The van der Waals surface area contributed by atoms with Crippen molar-refractivity contribution in [1.82, 2.24) is 0 Å². The summed E-state index contributed by atoms with van der Waals surface area (Å²) in [5.74, 6) is -2.10. The Labute approximate surface area is 188 Å². The molecule has 160 valence electrons. The molecule has 1 aliphatic heterocycles. The Kier molecular flexibility index (Phi) is 5.50. The maximum Gasteiger partial charge on any atom is 0.300 e. The Hall–Kier alpha value is -3.97. The van der Waals surface area contributed by atoms with Gasteiger partial charge in [-0.1, -0.05) is 41.4 Å². The first-order valence-corrected chi connectivity index (χ1v) is 10.0. The van der Waals surface area contributed by atoms with Gasteiger partial charge in [0.2, 0.25) is 0 Å². The molecule has 1 fully saturated rings. The number of nitro groups is 1. The molecule has 3 aromatic carbocycles. The summed E-state index contributed by atoms with van der Waals surface area (Å²) in [6, 6.07) is 17.7. The van der Waals surface area contributed by atoms with E-state index in [0.717, 1.165) is 5.56 Å². The van der Waals surface area contributed by atoms with Crippen LogP contribution < -0.4 is 4.90 Å². The zero-order valence-electron chi connectivity index (χ0n) is 16.9. The van der Waals surface area contributed by atoms with E-state index in [1.807, 2.05) is 6.92 Å². The van der Waals surface area contributed by atoms with Gasteiger partial charge in [-0.15, -0.1) is 0 Å². The van der Waals surface area contributed by atoms with E-state index < -0.39 is 22.7 Å². The molecule has 1 N–H and O–H groups in total. The molecule has 1 saturated heterocycles. The van der Waals surface area contributed by atoms with E-state index in [1.165, 1.54) is 35.2 Å². The summed E-state index contributed by atoms with van der Waals surface area (Å²) in [6.45, 7) is 1.89. The third-order valence-corrected chi connectivity index (χ3v) is 5.52. The maximum absolute atomic E-state index is 13.1. The Morgan fingerprint density at radius 3 is 2.31 bits per heavy atom. The van der Waals surface area contributed by atoms with E-state index in [-0.39, 0.29) is 17.0 Å². The molecule has 0 aromatic heterocycles. The van der Waals surface area contributed by atoms with Gasteiger partial charge in [-0.3, -0.25) is 24.6 Å². The zero-order valence-corrected chi connectivity index (χ0v) is 17.6. The van der Waals surface area contributed by atoms with Crippen molar-refractivity contribution in [2.24, 2.45) is 0 Å². The normalized spacial score (nSPS) is 17.6. The number of ketones is 1. The standard InChI is InChI=1S/C24H17ClN2O5/c1-14-5-11-18(12-6-14)26-21(16-3-2-4-19(13-16)27(31)32)20(23(29)24(26)30)22(28)15-7-9-17(25)10-8-15/h2-13,21,28H,1H3/t21-/m1/s1. The van der Waals surface area contributed by atoms with Crippen LogP contribution in [0.4, 0.5) is 11.4 Å². The highest BCUT2D eigenvalue weighted by molar-refractivity contribution is 6.51. The minimum Gasteiger partial charge on any atom is -0.507 e. The van der Waals surface area contributed by atoms with Crippen molar-refractivity contribution in [1.29, 1.82) is 0 Å². The Bertz CT molecular complexity index is 1270. The van der Waals surface area contributed by atoms with E-state index in [0.29, 0.717) is 21.8 Å². The molecule has 0 radical (unpaired) electrons. The predicted molar refractivity (Wildman–Crippen MR) is 121 cm³/mol. The van der Waals surface area contributed by atoms with Gasteiger partial charge in [0.25, 0.3) is 17.4 Å². The molecule has 32 heavy (non-hydrogen) atoms. The van der Waals surface area contributed by atoms with Crippen LogP contribution in [0.5, 0.6) is 0 Å². The van der Waals surface area contributed by atoms with Crippen molar-refractivity contribution in [3.8, 4) is 0 Å². The number of anilines is 1. The second-order valence-electron chi connectivity index (χ2n) is 7.36. The minimum absolute atomic E-state index is 0.154. The first kappa shape index (κ1) is 21.3. The second-order valence-corrected chi connectivity index (χ2v) is 7.80. The zero-order chi connectivity index (χ0) is 23.0. The van der Waals surface area contributed by atoms with E-state index in [9.17, 15) is 24.8 Å². The number of rotatable bonds is 4. The number of Topliss-reactive ketones (excluding diaryl/α,β-unsaturated/α-hetero) is 1. The Balaban J connectivity index is 1.96. The molecule has 0 bridgehead atoms. The van der Waals surface area contributed by atoms with Gasteiger partial charge >= 0.3 is 0 Å². The molecule has 8 heteroatoms. The highest BCUT2D eigenvalue weighted by atomic mass is 35.5. The number of hydrogen-bond acceptors (Lipinski definition) is 5. The molecule has 3 aromatic rings. The molecular weight excluding hydrogens is 432 g/mol. The number of nitrogens with zero attached hydrogens (tertiary/aromatic N) is 2. The van der Waals surface area contributed by atoms with Crippen LogP contribution in [0.15, 0.2) is 78.4 Å². The van der Waals surface area contributed by atoms with Crippen molar-refractivity contribution in [2.75, 3.05) is 4.90 Å². The molecule has 4 rings (SSSR count). The third kappa shape index (κ3) is 3.74. The van der Waals surface area contributed by atoms with Crippen LogP contribution in [-0.2, 0) is 9.59 Å². The van der Waals surface area contributed by atoms with Crippen LogP contribution in [0.3, 0.4) is 0 Å². The van der Waals surface area contributed by atoms with Gasteiger partial charge in [0.1, 0.15) is 5.76 Å². The number of amides is 1. The molecule has 0 spiro atoms. The van der Waals surface area contributed by atoms with Crippen molar-refractivity contribution < 1.29 is 19.6 Å². The van der Waals surface area contributed by atoms with Crippen LogP contribution in [0.25, 0.3) is 5.76 Å². The highest BCUT2D eigenvalue weighted by Gasteiger charge is 2.47. The molecular formula is C24H17ClN2O5. The van der Waals surface area contributed by atoms with Gasteiger partial charge in [-0.2, -0.15) is 0 Å². The Morgan fingerprint density at radius 1 is 1.03 bits per heavy atom. The Morgan fingerprint density at radius 2 is 1.69 bits per heavy atom. The molecule has 0 unspecified atom stereocenters. The number of non-ortho nitro benzene ring substituents is 1. The van der Waals surface area contributed by atoms with E-state index in [4.69, 9.17) is 11.6 Å². The van der Waals surface area contributed by atoms with Crippen molar-refractivity contribution >= 4 is 40.4 Å². The number of benzene rings is 3. The number of aryl methyl sites for hydroxylation is 1. The number of aliphatic hydroxyl groups excluding tert-OH is 1. The molecule has 0 saturated carbocycles. The summed E-state index contributed by atoms with van der Waals surface area (Å²) in [6.07, 6.45) is 0. The van der Waals surface area contributed by atoms with Gasteiger partial charge in [0.15, 0.2) is 0 Å². The molecule has 1 atom stereocenters. The smallest absolute Gasteiger partial charge is 0.300 e. The molecule has 1 amide bonds. The van der Waals surface area contributed by atoms with E-state index >= 15 is 0 Å². The average Bonchev–Trinajstić information content (AvgIpc) is 3.05. The summed E-state index contributed by atoms with van der Waals surface area (Å²) < 4.78 is 0. The van der Waals surface area contributed by atoms with Crippen molar-refractivity contribution in [3.63, 3.8) is 0 Å². The van der Waals surface area contributed by atoms with E-state index in [2.05, 4.69) is 0 Å². The van der Waals surface area contributed by atoms with Crippen molar-refractivity contribution in [2.45, 2.75) is 13.0 Å². The minimum atomic E-state index is -1.05. The lowest BCUT2D eigenvalue weighted by Crippen LogP contribution is -2.29. The van der Waals surface area contributed by atoms with E-state index in [1.54, 1.807) is 42.5 Å². The first-order chi connectivity index (χ1) is 15.3. The summed E-state index contributed by atoms with van der Waals surface area (Å²) in [7, 11) is 0. The lowest BCUT2D eigenvalue weighted by molar-refractivity contribution is -0.384. The average molecular weight is 449 g/mol. The van der Waals surface area contributed by atoms with Crippen LogP contribution in [0.2, 0.25) is 5.02 Å². The molecule has 1 aliphatic rings. The lowest BCUT2D eigenvalue weighted by atomic mass is 9.94. The predicted octanol–water partition coefficient (Wildman–Crippen LogP) is 5.18. The van der Waals surface area contributed by atoms with Crippen molar-refractivity contribution in [3.05, 3.63) is 110 Å². The summed E-state index contributed by atoms with van der Waals surface area (Å²) in [5.41, 5.74) is 1.67. The van der Waals surface area contributed by atoms with Gasteiger partial charge in [0, 0.05) is 28.4 Å². The monoisotopic (exact) mass is 448 g/mol. The highest BCUT2D eigenvalue weighted by Crippen LogP contribution is 2.42. The fraction of sp³-hybridized carbons (Fsp3) is 0.0833. The number of carbonyl (C=O) groups is 2. The summed E-state index contributed by atoms with van der Waals surface area (Å²) in [5, 5.41) is 22.8. The quantitative estimate of drug-likeness (QED) is 0.195. The van der Waals surface area contributed by atoms with Gasteiger partial charge in [-0.05, 0) is 48.9 Å². The molecule has 1 heterocycles. The second kappa shape index (κ2) is 8.28. The molecule has 7 nitrogen and oxygen atoms in total. The lowest BCUT2D eigenvalue weighted by Gasteiger charge is -2.25. The van der Waals surface area contributed by atoms with Crippen LogP contribution in [0, 0.1) is 17.0 Å².